The highest BCUT2D eigenvalue weighted by atomic mass is 79.9. The number of anilines is 1. The van der Waals surface area contributed by atoms with Crippen LogP contribution in [0.4, 0.5) is 5.69 Å². The summed E-state index contributed by atoms with van der Waals surface area (Å²) in [4.78, 5) is 2.36. The molecule has 1 aliphatic heterocycles. The van der Waals surface area contributed by atoms with Crippen molar-refractivity contribution in [3.63, 3.8) is 0 Å². The number of nitrogens with one attached hydrogen (secondary N) is 1. The molecule has 1 unspecified atom stereocenters. The Labute approximate surface area is 111 Å². The maximum atomic E-state index is 9.27. The average Bonchev–Trinajstić information content (AvgIpc) is 2.30. The van der Waals surface area contributed by atoms with Gasteiger partial charge in [-0.05, 0) is 38.1 Å². The standard InChI is InChI=1S/C13H19BrN2O/c1-13(2)9-15-11(8-17)7-16(13)12-5-3-10(14)4-6-12/h3-6,11,15,17H,7-9H2,1-2H3. The predicted octanol–water partition coefficient (Wildman–Crippen LogP) is 2.00. The summed E-state index contributed by atoms with van der Waals surface area (Å²) < 4.78 is 1.09. The Bertz CT molecular complexity index is 378. The number of piperazine rings is 1. The summed E-state index contributed by atoms with van der Waals surface area (Å²) in [5.74, 6) is 0. The lowest BCUT2D eigenvalue weighted by molar-refractivity contribution is 0.210. The molecule has 0 aliphatic carbocycles. The van der Waals surface area contributed by atoms with E-state index >= 15 is 0 Å². The van der Waals surface area contributed by atoms with Gasteiger partial charge in [0.2, 0.25) is 0 Å². The zero-order valence-electron chi connectivity index (χ0n) is 10.3. The highest BCUT2D eigenvalue weighted by molar-refractivity contribution is 9.10. The molecular formula is C13H19BrN2O. The number of aliphatic hydroxyl groups excluding tert-OH is 1. The van der Waals surface area contributed by atoms with E-state index < -0.39 is 0 Å². The monoisotopic (exact) mass is 298 g/mol. The van der Waals surface area contributed by atoms with Crippen LogP contribution in [0.15, 0.2) is 28.7 Å². The Morgan fingerprint density at radius 2 is 2.06 bits per heavy atom. The smallest absolute Gasteiger partial charge is 0.0601 e. The lowest BCUT2D eigenvalue weighted by Crippen LogP contribution is -2.63. The fraction of sp³-hybridized carbons (Fsp3) is 0.538. The van der Waals surface area contributed by atoms with Gasteiger partial charge in [-0.15, -0.1) is 0 Å². The van der Waals surface area contributed by atoms with Crippen molar-refractivity contribution in [3.8, 4) is 0 Å². The van der Waals surface area contributed by atoms with E-state index in [9.17, 15) is 5.11 Å². The molecule has 0 saturated carbocycles. The van der Waals surface area contributed by atoms with Crippen molar-refractivity contribution in [2.24, 2.45) is 0 Å². The minimum atomic E-state index is 0.0689. The molecule has 3 nitrogen and oxygen atoms in total. The minimum absolute atomic E-state index is 0.0689. The SMILES string of the molecule is CC1(C)CNC(CO)CN1c1ccc(Br)cc1. The third-order valence-corrected chi connectivity index (χ3v) is 3.84. The van der Waals surface area contributed by atoms with Gasteiger partial charge in [-0.2, -0.15) is 0 Å². The highest BCUT2D eigenvalue weighted by Gasteiger charge is 2.33. The Hall–Kier alpha value is -0.580. The Morgan fingerprint density at radius 3 is 2.65 bits per heavy atom. The lowest BCUT2D eigenvalue weighted by Gasteiger charge is -2.47. The largest absolute Gasteiger partial charge is 0.395 e. The van der Waals surface area contributed by atoms with E-state index in [0.717, 1.165) is 17.6 Å². The van der Waals surface area contributed by atoms with Crippen LogP contribution < -0.4 is 10.2 Å². The normalized spacial score (nSPS) is 23.8. The van der Waals surface area contributed by atoms with Gasteiger partial charge in [0.1, 0.15) is 0 Å². The third-order valence-electron chi connectivity index (χ3n) is 3.32. The van der Waals surface area contributed by atoms with E-state index in [1.165, 1.54) is 5.69 Å². The summed E-state index contributed by atoms with van der Waals surface area (Å²) in [5.41, 5.74) is 1.28. The summed E-state index contributed by atoms with van der Waals surface area (Å²) in [6, 6.07) is 8.51. The Morgan fingerprint density at radius 1 is 1.41 bits per heavy atom. The van der Waals surface area contributed by atoms with Crippen LogP contribution in [0.1, 0.15) is 13.8 Å². The van der Waals surface area contributed by atoms with E-state index in [-0.39, 0.29) is 18.2 Å². The van der Waals surface area contributed by atoms with Crippen molar-refractivity contribution in [1.29, 1.82) is 0 Å². The molecule has 2 N–H and O–H groups in total. The maximum absolute atomic E-state index is 9.27. The summed E-state index contributed by atoms with van der Waals surface area (Å²) in [5, 5.41) is 12.6. The highest BCUT2D eigenvalue weighted by Crippen LogP contribution is 2.27. The summed E-state index contributed by atoms with van der Waals surface area (Å²) in [6.45, 7) is 6.34. The number of rotatable bonds is 2. The molecule has 1 heterocycles. The molecule has 1 fully saturated rings. The first-order valence-electron chi connectivity index (χ1n) is 5.90. The summed E-state index contributed by atoms with van der Waals surface area (Å²) >= 11 is 3.45. The molecule has 1 saturated heterocycles. The van der Waals surface area contributed by atoms with E-state index in [2.05, 4.69) is 64.3 Å². The van der Waals surface area contributed by atoms with E-state index in [1.807, 2.05) is 0 Å². The zero-order chi connectivity index (χ0) is 12.5. The van der Waals surface area contributed by atoms with Crippen molar-refractivity contribution >= 4 is 21.6 Å². The predicted molar refractivity (Wildman–Crippen MR) is 74.4 cm³/mol. The molecule has 1 aromatic carbocycles. The van der Waals surface area contributed by atoms with Crippen LogP contribution in [-0.2, 0) is 0 Å². The maximum Gasteiger partial charge on any atom is 0.0601 e. The van der Waals surface area contributed by atoms with Crippen LogP contribution in [-0.4, -0.2) is 36.4 Å². The van der Waals surface area contributed by atoms with E-state index in [0.29, 0.717) is 0 Å². The van der Waals surface area contributed by atoms with Crippen LogP contribution in [0.3, 0.4) is 0 Å². The zero-order valence-corrected chi connectivity index (χ0v) is 11.9. The number of benzene rings is 1. The molecule has 0 radical (unpaired) electrons. The molecule has 1 atom stereocenters. The molecular weight excluding hydrogens is 280 g/mol. The quantitative estimate of drug-likeness (QED) is 0.877. The number of halogens is 1. The van der Waals surface area contributed by atoms with Crippen LogP contribution >= 0.6 is 15.9 Å². The first-order chi connectivity index (χ1) is 8.03. The third kappa shape index (κ3) is 2.81. The molecule has 94 valence electrons. The fourth-order valence-electron chi connectivity index (χ4n) is 2.22. The molecule has 1 aromatic rings. The number of aliphatic hydroxyl groups is 1. The second-order valence-corrected chi connectivity index (χ2v) is 6.08. The van der Waals surface area contributed by atoms with Gasteiger partial charge in [0.05, 0.1) is 6.61 Å². The minimum Gasteiger partial charge on any atom is -0.395 e. The van der Waals surface area contributed by atoms with Gasteiger partial charge in [-0.25, -0.2) is 0 Å². The van der Waals surface area contributed by atoms with Crippen LogP contribution in [0.25, 0.3) is 0 Å². The Balaban J connectivity index is 2.23. The van der Waals surface area contributed by atoms with Crippen molar-refractivity contribution < 1.29 is 5.11 Å². The van der Waals surface area contributed by atoms with Crippen molar-refractivity contribution in [3.05, 3.63) is 28.7 Å². The first-order valence-corrected chi connectivity index (χ1v) is 6.70. The van der Waals surface area contributed by atoms with Crippen LogP contribution in [0, 0.1) is 0 Å². The summed E-state index contributed by atoms with van der Waals surface area (Å²) in [6.07, 6.45) is 0. The van der Waals surface area contributed by atoms with E-state index in [1.54, 1.807) is 0 Å². The molecule has 0 spiro atoms. The van der Waals surface area contributed by atoms with Crippen molar-refractivity contribution in [1.82, 2.24) is 5.32 Å². The van der Waals surface area contributed by atoms with E-state index in [4.69, 9.17) is 0 Å². The second-order valence-electron chi connectivity index (χ2n) is 5.16. The molecule has 2 rings (SSSR count). The van der Waals surface area contributed by atoms with Gasteiger partial charge in [0, 0.05) is 34.8 Å². The van der Waals surface area contributed by atoms with Crippen LogP contribution in [0.5, 0.6) is 0 Å². The number of hydrogen-bond donors (Lipinski definition) is 2. The van der Waals surface area contributed by atoms with Gasteiger partial charge in [-0.1, -0.05) is 15.9 Å². The van der Waals surface area contributed by atoms with Gasteiger partial charge < -0.3 is 15.3 Å². The van der Waals surface area contributed by atoms with Gasteiger partial charge >= 0.3 is 0 Å². The number of nitrogens with zero attached hydrogens (tertiary/aromatic N) is 1. The first kappa shape index (κ1) is 12.9. The fourth-order valence-corrected chi connectivity index (χ4v) is 2.48. The molecule has 17 heavy (non-hydrogen) atoms. The molecule has 4 heteroatoms. The Kier molecular flexibility index (Phi) is 3.76. The second kappa shape index (κ2) is 4.96. The van der Waals surface area contributed by atoms with Gasteiger partial charge in [0.15, 0.2) is 0 Å². The van der Waals surface area contributed by atoms with Crippen molar-refractivity contribution in [2.45, 2.75) is 25.4 Å². The van der Waals surface area contributed by atoms with Gasteiger partial charge in [0.25, 0.3) is 0 Å². The van der Waals surface area contributed by atoms with Gasteiger partial charge in [-0.3, -0.25) is 0 Å². The van der Waals surface area contributed by atoms with Crippen LogP contribution in [0.2, 0.25) is 0 Å². The topological polar surface area (TPSA) is 35.5 Å². The van der Waals surface area contributed by atoms with Crippen molar-refractivity contribution in [2.75, 3.05) is 24.6 Å². The molecule has 0 amide bonds. The lowest BCUT2D eigenvalue weighted by atomic mass is 9.96. The average molecular weight is 299 g/mol. The molecule has 0 aromatic heterocycles. The number of hydrogen-bond acceptors (Lipinski definition) is 3. The summed E-state index contributed by atoms with van der Waals surface area (Å²) in [7, 11) is 0. The molecule has 0 bridgehead atoms. The molecule has 1 aliphatic rings.